The van der Waals surface area contributed by atoms with Crippen LogP contribution in [0.15, 0.2) is 16.8 Å². The van der Waals surface area contributed by atoms with Crippen molar-refractivity contribution in [2.75, 3.05) is 6.54 Å². The third-order valence-electron chi connectivity index (χ3n) is 3.68. The average molecular weight is 274 g/mol. The fourth-order valence-electron chi connectivity index (χ4n) is 2.62. The van der Waals surface area contributed by atoms with Crippen molar-refractivity contribution in [3.63, 3.8) is 0 Å². The molecular weight excluding hydrogens is 256 g/mol. The van der Waals surface area contributed by atoms with Crippen LogP contribution >= 0.6 is 0 Å². The number of rotatable bonds is 3. The van der Waals surface area contributed by atoms with Crippen molar-refractivity contribution in [2.24, 2.45) is 0 Å². The van der Waals surface area contributed by atoms with Crippen LogP contribution in [-0.4, -0.2) is 32.5 Å². The Morgan fingerprint density at radius 3 is 3.10 bits per heavy atom. The molecule has 3 heterocycles. The summed E-state index contributed by atoms with van der Waals surface area (Å²) < 4.78 is 5.15. The van der Waals surface area contributed by atoms with Gasteiger partial charge in [0.25, 0.3) is 5.91 Å². The lowest BCUT2D eigenvalue weighted by Gasteiger charge is -2.21. The maximum absolute atomic E-state index is 12.5. The van der Waals surface area contributed by atoms with E-state index >= 15 is 0 Å². The fraction of sp³-hybridized carbons (Fsp3) is 0.500. The van der Waals surface area contributed by atoms with Gasteiger partial charge in [-0.2, -0.15) is 0 Å². The van der Waals surface area contributed by atoms with E-state index in [1.165, 1.54) is 0 Å². The van der Waals surface area contributed by atoms with Crippen molar-refractivity contribution >= 4 is 5.91 Å². The van der Waals surface area contributed by atoms with Crippen LogP contribution < -0.4 is 0 Å². The van der Waals surface area contributed by atoms with E-state index in [2.05, 4.69) is 15.1 Å². The minimum Gasteiger partial charge on any atom is -0.351 e. The largest absolute Gasteiger partial charge is 0.351 e. The lowest BCUT2D eigenvalue weighted by molar-refractivity contribution is 0.0688. The van der Waals surface area contributed by atoms with E-state index in [-0.39, 0.29) is 11.9 Å². The first-order valence-corrected chi connectivity index (χ1v) is 6.97. The van der Waals surface area contributed by atoms with Crippen molar-refractivity contribution in [1.29, 1.82) is 0 Å². The number of carbonyl (C=O) groups is 1. The molecule has 106 valence electrons. The van der Waals surface area contributed by atoms with Crippen molar-refractivity contribution in [2.45, 2.75) is 39.2 Å². The summed E-state index contributed by atoms with van der Waals surface area (Å²) in [6.45, 7) is 4.67. The molecule has 6 nitrogen and oxygen atoms in total. The molecule has 1 saturated heterocycles. The predicted molar refractivity (Wildman–Crippen MR) is 72.2 cm³/mol. The molecule has 0 aromatic carbocycles. The number of aromatic nitrogens is 3. The molecule has 0 saturated carbocycles. The molecule has 2 aromatic rings. The highest BCUT2D eigenvalue weighted by Gasteiger charge is 2.34. The Morgan fingerprint density at radius 1 is 1.60 bits per heavy atom. The molecule has 0 radical (unpaired) electrons. The smallest absolute Gasteiger partial charge is 0.293 e. The van der Waals surface area contributed by atoms with E-state index in [0.29, 0.717) is 5.76 Å². The third kappa shape index (κ3) is 2.21. The molecule has 1 aliphatic heterocycles. The summed E-state index contributed by atoms with van der Waals surface area (Å²) in [4.78, 5) is 21.9. The number of hydrogen-bond acceptors (Lipinski definition) is 4. The van der Waals surface area contributed by atoms with Crippen LogP contribution in [0.3, 0.4) is 0 Å². The van der Waals surface area contributed by atoms with E-state index in [0.717, 1.165) is 43.0 Å². The molecule has 1 aliphatic rings. The summed E-state index contributed by atoms with van der Waals surface area (Å²) in [5, 5.41) is 3.88. The highest BCUT2D eigenvalue weighted by Crippen LogP contribution is 2.31. The zero-order valence-corrected chi connectivity index (χ0v) is 11.7. The van der Waals surface area contributed by atoms with E-state index in [1.54, 1.807) is 12.3 Å². The van der Waals surface area contributed by atoms with Crippen LogP contribution in [0.4, 0.5) is 0 Å². The number of hydrogen-bond donors (Lipinski definition) is 1. The quantitative estimate of drug-likeness (QED) is 0.931. The van der Waals surface area contributed by atoms with Crippen molar-refractivity contribution in [3.05, 3.63) is 35.2 Å². The summed E-state index contributed by atoms with van der Waals surface area (Å²) in [6.07, 6.45) is 4.45. The molecule has 20 heavy (non-hydrogen) atoms. The van der Waals surface area contributed by atoms with Gasteiger partial charge in [-0.25, -0.2) is 4.98 Å². The van der Waals surface area contributed by atoms with E-state index in [1.807, 2.05) is 18.7 Å². The maximum atomic E-state index is 12.5. The second kappa shape index (κ2) is 5.11. The van der Waals surface area contributed by atoms with E-state index in [9.17, 15) is 4.79 Å². The number of aryl methyl sites for hydroxylation is 2. The molecule has 0 bridgehead atoms. The Balaban J connectivity index is 1.83. The Kier molecular flexibility index (Phi) is 3.30. The number of amides is 1. The molecule has 1 atom stereocenters. The van der Waals surface area contributed by atoms with Gasteiger partial charge in [-0.1, -0.05) is 12.1 Å². The van der Waals surface area contributed by atoms with Gasteiger partial charge in [0.1, 0.15) is 5.82 Å². The Bertz CT molecular complexity index is 616. The van der Waals surface area contributed by atoms with E-state index < -0.39 is 0 Å². The molecule has 1 N–H and O–H groups in total. The standard InChI is InChI=1S/C14H18N4O2/c1-3-10-7-12(20-17-10)14(19)18-6-4-5-11(18)13-15-8-9(2)16-13/h7-8,11H,3-6H2,1-2H3,(H,15,16)/t11-/m0/s1. The average Bonchev–Trinajstić information content (AvgIpc) is 3.17. The van der Waals surface area contributed by atoms with Crippen LogP contribution in [0.1, 0.15) is 53.6 Å². The van der Waals surface area contributed by atoms with E-state index in [4.69, 9.17) is 4.52 Å². The Hall–Kier alpha value is -2.11. The number of imidazole rings is 1. The van der Waals surface area contributed by atoms with Crippen molar-refractivity contribution in [3.8, 4) is 0 Å². The van der Waals surface area contributed by atoms with Gasteiger partial charge in [0.2, 0.25) is 5.76 Å². The molecule has 6 heteroatoms. The summed E-state index contributed by atoms with van der Waals surface area (Å²) in [7, 11) is 0. The van der Waals surface area contributed by atoms with Gasteiger partial charge in [-0.15, -0.1) is 0 Å². The number of likely N-dealkylation sites (tertiary alicyclic amines) is 1. The first kappa shape index (κ1) is 12.9. The fourth-order valence-corrected chi connectivity index (χ4v) is 2.62. The molecule has 0 spiro atoms. The zero-order valence-electron chi connectivity index (χ0n) is 11.7. The summed E-state index contributed by atoms with van der Waals surface area (Å²) in [5.41, 5.74) is 1.81. The first-order chi connectivity index (χ1) is 9.69. The van der Waals surface area contributed by atoms with Gasteiger partial charge in [-0.3, -0.25) is 4.79 Å². The zero-order chi connectivity index (χ0) is 14.1. The Labute approximate surface area is 117 Å². The van der Waals surface area contributed by atoms with Crippen LogP contribution in [0.25, 0.3) is 0 Å². The topological polar surface area (TPSA) is 75.0 Å². The molecule has 1 fully saturated rings. The van der Waals surface area contributed by atoms with Gasteiger partial charge in [-0.05, 0) is 26.2 Å². The van der Waals surface area contributed by atoms with Crippen LogP contribution in [0, 0.1) is 6.92 Å². The summed E-state index contributed by atoms with van der Waals surface area (Å²) >= 11 is 0. The van der Waals surface area contributed by atoms with Gasteiger partial charge in [0, 0.05) is 24.5 Å². The Morgan fingerprint density at radius 2 is 2.45 bits per heavy atom. The molecule has 0 unspecified atom stereocenters. The molecule has 1 amide bonds. The molecule has 0 aliphatic carbocycles. The number of nitrogens with one attached hydrogen (secondary N) is 1. The summed E-state index contributed by atoms with van der Waals surface area (Å²) in [5.74, 6) is 1.06. The van der Waals surface area contributed by atoms with Crippen molar-refractivity contribution in [1.82, 2.24) is 20.0 Å². The third-order valence-corrected chi connectivity index (χ3v) is 3.68. The molecular formula is C14H18N4O2. The highest BCUT2D eigenvalue weighted by molar-refractivity contribution is 5.91. The van der Waals surface area contributed by atoms with Crippen molar-refractivity contribution < 1.29 is 9.32 Å². The number of aromatic amines is 1. The molecule has 2 aromatic heterocycles. The monoisotopic (exact) mass is 274 g/mol. The summed E-state index contributed by atoms with van der Waals surface area (Å²) in [6, 6.07) is 1.73. The minimum absolute atomic E-state index is 0.00590. The second-order valence-corrected chi connectivity index (χ2v) is 5.14. The van der Waals surface area contributed by atoms with Gasteiger partial charge >= 0.3 is 0 Å². The molecule has 3 rings (SSSR count). The lowest BCUT2D eigenvalue weighted by atomic mass is 10.2. The van der Waals surface area contributed by atoms with Gasteiger partial charge in [0.15, 0.2) is 0 Å². The first-order valence-electron chi connectivity index (χ1n) is 6.97. The van der Waals surface area contributed by atoms with Crippen LogP contribution in [0.5, 0.6) is 0 Å². The second-order valence-electron chi connectivity index (χ2n) is 5.14. The SMILES string of the molecule is CCc1cc(C(=O)N2CCC[C@H]2c2ncc(C)[nH]2)on1. The minimum atomic E-state index is -0.103. The number of nitrogens with zero attached hydrogens (tertiary/aromatic N) is 3. The predicted octanol–water partition coefficient (Wildman–Crippen LogP) is 2.25. The number of carbonyl (C=O) groups excluding carboxylic acids is 1. The normalized spacial score (nSPS) is 18.7. The lowest BCUT2D eigenvalue weighted by Crippen LogP contribution is -2.30. The number of H-pyrrole nitrogens is 1. The van der Waals surface area contributed by atoms with Gasteiger partial charge < -0.3 is 14.4 Å². The van der Waals surface area contributed by atoms with Crippen LogP contribution in [-0.2, 0) is 6.42 Å². The van der Waals surface area contributed by atoms with Crippen LogP contribution in [0.2, 0.25) is 0 Å². The maximum Gasteiger partial charge on any atom is 0.293 e. The van der Waals surface area contributed by atoms with Gasteiger partial charge in [0.05, 0.1) is 11.7 Å². The highest BCUT2D eigenvalue weighted by atomic mass is 16.5.